The Bertz CT molecular complexity index is 615. The molecule has 0 unspecified atom stereocenters. The maximum absolute atomic E-state index is 5.96. The van der Waals surface area contributed by atoms with E-state index in [1.54, 1.807) is 0 Å². The Morgan fingerprint density at radius 3 is 2.30 bits per heavy atom. The van der Waals surface area contributed by atoms with Gasteiger partial charge in [-0.05, 0) is 48.9 Å². The SMILES string of the molecule is Cc1c(N)ccc(N)c1/C=C/CNc1ccc(N)cc1. The van der Waals surface area contributed by atoms with Crippen molar-refractivity contribution in [3.05, 3.63) is 53.6 Å². The van der Waals surface area contributed by atoms with E-state index in [2.05, 4.69) is 5.32 Å². The molecule has 2 aromatic carbocycles. The predicted octanol–water partition coefficient (Wildman–Crippen LogP) is 2.87. The highest BCUT2D eigenvalue weighted by atomic mass is 14.9. The molecule has 2 aromatic rings. The molecule has 0 bridgehead atoms. The fourth-order valence-electron chi connectivity index (χ4n) is 1.94. The van der Waals surface area contributed by atoms with E-state index in [0.717, 1.165) is 33.9 Å². The lowest BCUT2D eigenvalue weighted by Gasteiger charge is -2.08. The zero-order chi connectivity index (χ0) is 14.5. The summed E-state index contributed by atoms with van der Waals surface area (Å²) in [4.78, 5) is 0. The molecule has 7 N–H and O–H groups in total. The van der Waals surface area contributed by atoms with Crippen molar-refractivity contribution in [1.82, 2.24) is 0 Å². The van der Waals surface area contributed by atoms with E-state index < -0.39 is 0 Å². The Morgan fingerprint density at radius 1 is 0.950 bits per heavy atom. The first-order valence-corrected chi connectivity index (χ1v) is 6.48. The predicted molar refractivity (Wildman–Crippen MR) is 88.4 cm³/mol. The summed E-state index contributed by atoms with van der Waals surface area (Å²) < 4.78 is 0. The van der Waals surface area contributed by atoms with E-state index in [4.69, 9.17) is 17.2 Å². The number of nitrogen functional groups attached to an aromatic ring is 3. The lowest BCUT2D eigenvalue weighted by atomic mass is 10.0. The van der Waals surface area contributed by atoms with Gasteiger partial charge in [0.2, 0.25) is 0 Å². The summed E-state index contributed by atoms with van der Waals surface area (Å²) in [6, 6.07) is 11.3. The van der Waals surface area contributed by atoms with Crippen LogP contribution in [0.1, 0.15) is 11.1 Å². The molecule has 0 amide bonds. The first kappa shape index (κ1) is 13.8. The van der Waals surface area contributed by atoms with Crippen molar-refractivity contribution in [3.8, 4) is 0 Å². The van der Waals surface area contributed by atoms with Crippen molar-refractivity contribution >= 4 is 28.8 Å². The topological polar surface area (TPSA) is 90.1 Å². The fourth-order valence-corrected chi connectivity index (χ4v) is 1.94. The van der Waals surface area contributed by atoms with E-state index in [9.17, 15) is 0 Å². The van der Waals surface area contributed by atoms with Crippen molar-refractivity contribution in [2.45, 2.75) is 6.92 Å². The summed E-state index contributed by atoms with van der Waals surface area (Å²) in [6.45, 7) is 2.68. The van der Waals surface area contributed by atoms with E-state index in [0.29, 0.717) is 6.54 Å². The molecule has 4 nitrogen and oxygen atoms in total. The molecule has 0 aliphatic rings. The number of nitrogens with one attached hydrogen (secondary N) is 1. The van der Waals surface area contributed by atoms with Crippen LogP contribution in [0.15, 0.2) is 42.5 Å². The van der Waals surface area contributed by atoms with Crippen LogP contribution in [0.5, 0.6) is 0 Å². The normalized spacial score (nSPS) is 10.8. The minimum absolute atomic E-state index is 0.706. The molecule has 2 rings (SSSR count). The van der Waals surface area contributed by atoms with Crippen molar-refractivity contribution in [2.24, 2.45) is 0 Å². The van der Waals surface area contributed by atoms with Crippen LogP contribution in [0.2, 0.25) is 0 Å². The number of rotatable bonds is 4. The lowest BCUT2D eigenvalue weighted by Crippen LogP contribution is -2.00. The Hall–Kier alpha value is -2.62. The van der Waals surface area contributed by atoms with Crippen LogP contribution >= 0.6 is 0 Å². The molecule has 104 valence electrons. The first-order valence-electron chi connectivity index (χ1n) is 6.48. The van der Waals surface area contributed by atoms with Crippen molar-refractivity contribution in [3.63, 3.8) is 0 Å². The van der Waals surface area contributed by atoms with Gasteiger partial charge in [0.25, 0.3) is 0 Å². The summed E-state index contributed by atoms with van der Waals surface area (Å²) in [7, 11) is 0. The minimum atomic E-state index is 0.706. The lowest BCUT2D eigenvalue weighted by molar-refractivity contribution is 1.34. The largest absolute Gasteiger partial charge is 0.399 e. The quantitative estimate of drug-likeness (QED) is 0.642. The van der Waals surface area contributed by atoms with Gasteiger partial charge in [0.05, 0.1) is 0 Å². The van der Waals surface area contributed by atoms with Crippen LogP contribution in [-0.2, 0) is 0 Å². The van der Waals surface area contributed by atoms with E-state index in [1.807, 2.05) is 55.5 Å². The van der Waals surface area contributed by atoms with Gasteiger partial charge >= 0.3 is 0 Å². The molecule has 0 aromatic heterocycles. The molecule has 0 heterocycles. The molecule has 0 aliphatic heterocycles. The average molecular weight is 268 g/mol. The number of nitrogens with two attached hydrogens (primary N) is 3. The standard InChI is InChI=1S/C16H20N4/c1-11-14(16(19)9-8-15(11)18)3-2-10-20-13-6-4-12(17)5-7-13/h2-9,20H,10,17-19H2,1H3/b3-2+. The van der Waals surface area contributed by atoms with Gasteiger partial charge in [-0.2, -0.15) is 0 Å². The smallest absolute Gasteiger partial charge is 0.0391 e. The summed E-state index contributed by atoms with van der Waals surface area (Å²) in [5.41, 5.74) is 22.7. The second kappa shape index (κ2) is 6.02. The summed E-state index contributed by atoms with van der Waals surface area (Å²) >= 11 is 0. The van der Waals surface area contributed by atoms with E-state index in [-0.39, 0.29) is 0 Å². The molecule has 0 radical (unpaired) electrons. The molecule has 4 heteroatoms. The molecule has 0 spiro atoms. The second-order valence-corrected chi connectivity index (χ2v) is 4.69. The van der Waals surface area contributed by atoms with Gasteiger partial charge in [0, 0.05) is 34.9 Å². The Labute approximate surface area is 119 Å². The second-order valence-electron chi connectivity index (χ2n) is 4.69. The monoisotopic (exact) mass is 268 g/mol. The highest BCUT2D eigenvalue weighted by Crippen LogP contribution is 2.23. The number of hydrogen-bond acceptors (Lipinski definition) is 4. The Morgan fingerprint density at radius 2 is 1.60 bits per heavy atom. The minimum Gasteiger partial charge on any atom is -0.399 e. The third kappa shape index (κ3) is 3.23. The highest BCUT2D eigenvalue weighted by Gasteiger charge is 2.02. The Balaban J connectivity index is 2.00. The van der Waals surface area contributed by atoms with Gasteiger partial charge < -0.3 is 22.5 Å². The molecule has 0 atom stereocenters. The van der Waals surface area contributed by atoms with Crippen molar-refractivity contribution < 1.29 is 0 Å². The number of hydrogen-bond donors (Lipinski definition) is 4. The molecule has 20 heavy (non-hydrogen) atoms. The number of anilines is 4. The molecule has 0 fully saturated rings. The molecule has 0 saturated carbocycles. The average Bonchev–Trinajstić information content (AvgIpc) is 2.44. The Kier molecular flexibility index (Phi) is 4.15. The summed E-state index contributed by atoms with van der Waals surface area (Å²) in [5, 5.41) is 3.28. The number of benzene rings is 2. The third-order valence-corrected chi connectivity index (χ3v) is 3.21. The van der Waals surface area contributed by atoms with Crippen LogP contribution in [0.3, 0.4) is 0 Å². The fraction of sp³-hybridized carbons (Fsp3) is 0.125. The van der Waals surface area contributed by atoms with Crippen molar-refractivity contribution in [1.29, 1.82) is 0 Å². The molecular weight excluding hydrogens is 248 g/mol. The first-order chi connectivity index (χ1) is 9.58. The highest BCUT2D eigenvalue weighted by molar-refractivity contribution is 5.73. The maximum atomic E-state index is 5.96. The van der Waals surface area contributed by atoms with Crippen LogP contribution in [0.4, 0.5) is 22.7 Å². The van der Waals surface area contributed by atoms with E-state index in [1.165, 1.54) is 0 Å². The van der Waals surface area contributed by atoms with Crippen LogP contribution < -0.4 is 22.5 Å². The molecule has 0 saturated heterocycles. The van der Waals surface area contributed by atoms with E-state index >= 15 is 0 Å². The molecular formula is C16H20N4. The van der Waals surface area contributed by atoms with Crippen molar-refractivity contribution in [2.75, 3.05) is 29.1 Å². The summed E-state index contributed by atoms with van der Waals surface area (Å²) in [5.74, 6) is 0. The zero-order valence-corrected chi connectivity index (χ0v) is 11.6. The summed E-state index contributed by atoms with van der Waals surface area (Å²) in [6.07, 6.45) is 4.01. The van der Waals surface area contributed by atoms with Gasteiger partial charge in [-0.25, -0.2) is 0 Å². The van der Waals surface area contributed by atoms with Crippen LogP contribution in [-0.4, -0.2) is 6.54 Å². The van der Waals surface area contributed by atoms with Gasteiger partial charge in [-0.3, -0.25) is 0 Å². The third-order valence-electron chi connectivity index (χ3n) is 3.21. The van der Waals surface area contributed by atoms with Crippen LogP contribution in [0, 0.1) is 6.92 Å². The molecule has 0 aliphatic carbocycles. The van der Waals surface area contributed by atoms with Gasteiger partial charge in [0.15, 0.2) is 0 Å². The zero-order valence-electron chi connectivity index (χ0n) is 11.6. The van der Waals surface area contributed by atoms with Gasteiger partial charge in [-0.1, -0.05) is 12.2 Å². The maximum Gasteiger partial charge on any atom is 0.0391 e. The van der Waals surface area contributed by atoms with Gasteiger partial charge in [-0.15, -0.1) is 0 Å². The van der Waals surface area contributed by atoms with Crippen LogP contribution in [0.25, 0.3) is 6.08 Å². The van der Waals surface area contributed by atoms with Gasteiger partial charge in [0.1, 0.15) is 0 Å².